The number of rotatable bonds is 7. The Labute approximate surface area is 219 Å². The molecule has 4 aromatic rings. The number of benzene rings is 3. The van der Waals surface area contributed by atoms with E-state index < -0.39 is 5.82 Å². The maximum atomic E-state index is 14.8. The molecule has 38 heavy (non-hydrogen) atoms. The third-order valence-corrected chi connectivity index (χ3v) is 6.49. The van der Waals surface area contributed by atoms with Gasteiger partial charge in [-0.3, -0.25) is 4.79 Å². The summed E-state index contributed by atoms with van der Waals surface area (Å²) >= 11 is 0. The molecule has 1 aliphatic heterocycles. The number of nitrogen functional groups attached to an aromatic ring is 1. The Morgan fingerprint density at radius 3 is 2.34 bits per heavy atom. The Balaban J connectivity index is 1.25. The number of ether oxygens (including phenoxy) is 3. The minimum absolute atomic E-state index is 0.0118. The Hall–Kier alpha value is -4.60. The van der Waals surface area contributed by atoms with Crippen molar-refractivity contribution in [3.05, 3.63) is 77.6 Å². The molecule has 0 unspecified atom stereocenters. The first-order valence-corrected chi connectivity index (χ1v) is 12.2. The number of carbonyl (C=O) groups excluding carboxylic acids is 1. The molecule has 5 rings (SSSR count). The quantitative estimate of drug-likeness (QED) is 0.394. The lowest BCUT2D eigenvalue weighted by Crippen LogP contribution is -2.49. The molecule has 0 aliphatic carbocycles. The molecule has 0 bridgehead atoms. The summed E-state index contributed by atoms with van der Waals surface area (Å²) in [6, 6.07) is 17.4. The van der Waals surface area contributed by atoms with Crippen LogP contribution >= 0.6 is 0 Å². The van der Waals surface area contributed by atoms with Gasteiger partial charge in [-0.1, -0.05) is 30.3 Å². The predicted octanol–water partition coefficient (Wildman–Crippen LogP) is 3.91. The van der Waals surface area contributed by atoms with E-state index in [1.54, 1.807) is 37.3 Å². The van der Waals surface area contributed by atoms with Crippen molar-refractivity contribution in [1.29, 1.82) is 0 Å². The second-order valence-corrected chi connectivity index (χ2v) is 8.83. The topological polar surface area (TPSA) is 103 Å². The van der Waals surface area contributed by atoms with Crippen LogP contribution in [0.5, 0.6) is 17.2 Å². The van der Waals surface area contributed by atoms with Crippen LogP contribution in [0.2, 0.25) is 0 Å². The third kappa shape index (κ3) is 5.10. The van der Waals surface area contributed by atoms with Crippen LogP contribution in [0.25, 0.3) is 10.9 Å². The average Bonchev–Trinajstić information content (AvgIpc) is 2.95. The van der Waals surface area contributed by atoms with E-state index in [4.69, 9.17) is 19.9 Å². The molecule has 2 heterocycles. The SMILES string of the molecule is COc1cc2nc(N3CCN(C(=O)c4ccc(OCc5ccccc5)cc4F)CC3)nc(N)c2cc1OC. The molecule has 3 aromatic carbocycles. The maximum Gasteiger partial charge on any atom is 0.256 e. The number of halogens is 1. The number of aromatic nitrogens is 2. The lowest BCUT2D eigenvalue weighted by molar-refractivity contribution is 0.0741. The number of hydrogen-bond acceptors (Lipinski definition) is 8. The highest BCUT2D eigenvalue weighted by molar-refractivity contribution is 5.95. The smallest absolute Gasteiger partial charge is 0.256 e. The van der Waals surface area contributed by atoms with Crippen molar-refractivity contribution in [2.45, 2.75) is 6.61 Å². The van der Waals surface area contributed by atoms with Crippen LogP contribution in [0.4, 0.5) is 16.2 Å². The van der Waals surface area contributed by atoms with Gasteiger partial charge in [-0.25, -0.2) is 9.37 Å². The third-order valence-electron chi connectivity index (χ3n) is 6.49. The van der Waals surface area contributed by atoms with E-state index in [1.807, 2.05) is 35.2 Å². The highest BCUT2D eigenvalue weighted by atomic mass is 19.1. The van der Waals surface area contributed by atoms with E-state index >= 15 is 0 Å². The summed E-state index contributed by atoms with van der Waals surface area (Å²) in [5.41, 5.74) is 7.83. The summed E-state index contributed by atoms with van der Waals surface area (Å²) in [7, 11) is 3.11. The zero-order valence-electron chi connectivity index (χ0n) is 21.2. The van der Waals surface area contributed by atoms with Crippen LogP contribution in [0.3, 0.4) is 0 Å². The van der Waals surface area contributed by atoms with Gasteiger partial charge in [0.15, 0.2) is 11.5 Å². The number of amides is 1. The average molecular weight is 518 g/mol. The number of fused-ring (bicyclic) bond motifs is 1. The standard InChI is InChI=1S/C28H28FN5O4/c1-36-24-15-21-23(16-25(24)37-2)31-28(32-26(21)30)34-12-10-33(11-13-34)27(35)20-9-8-19(14-22(20)29)38-17-18-6-4-3-5-7-18/h3-9,14-16H,10-13,17H2,1-2H3,(H2,30,31,32). The molecular formula is C28H28FN5O4. The van der Waals surface area contributed by atoms with E-state index in [0.29, 0.717) is 72.7 Å². The fraction of sp³-hybridized carbons (Fsp3) is 0.250. The van der Waals surface area contributed by atoms with Gasteiger partial charge in [-0.05, 0) is 23.8 Å². The zero-order valence-corrected chi connectivity index (χ0v) is 21.2. The fourth-order valence-electron chi connectivity index (χ4n) is 4.39. The molecule has 2 N–H and O–H groups in total. The Morgan fingerprint density at radius 1 is 0.947 bits per heavy atom. The molecule has 1 fully saturated rings. The van der Waals surface area contributed by atoms with E-state index in [2.05, 4.69) is 9.97 Å². The van der Waals surface area contributed by atoms with Crippen LogP contribution in [-0.2, 0) is 6.61 Å². The van der Waals surface area contributed by atoms with E-state index in [0.717, 1.165) is 5.56 Å². The van der Waals surface area contributed by atoms with Crippen molar-refractivity contribution in [3.63, 3.8) is 0 Å². The van der Waals surface area contributed by atoms with Gasteiger partial charge >= 0.3 is 0 Å². The molecule has 0 atom stereocenters. The number of nitrogens with zero attached hydrogens (tertiary/aromatic N) is 4. The molecule has 10 heteroatoms. The van der Waals surface area contributed by atoms with Crippen LogP contribution in [0.15, 0.2) is 60.7 Å². The number of methoxy groups -OCH3 is 2. The monoisotopic (exact) mass is 517 g/mol. The zero-order chi connectivity index (χ0) is 26.6. The number of nitrogens with two attached hydrogens (primary N) is 1. The van der Waals surface area contributed by atoms with Crippen molar-refractivity contribution < 1.29 is 23.4 Å². The van der Waals surface area contributed by atoms with Gasteiger partial charge < -0.3 is 29.7 Å². The summed E-state index contributed by atoms with van der Waals surface area (Å²) in [5, 5.41) is 0.659. The summed E-state index contributed by atoms with van der Waals surface area (Å²) in [6.07, 6.45) is 0. The Bertz CT molecular complexity index is 1460. The number of piperazine rings is 1. The minimum Gasteiger partial charge on any atom is -0.493 e. The number of carbonyl (C=O) groups is 1. The molecule has 1 aromatic heterocycles. The van der Waals surface area contributed by atoms with Crippen molar-refractivity contribution in [3.8, 4) is 17.2 Å². The molecule has 9 nitrogen and oxygen atoms in total. The predicted molar refractivity (Wildman–Crippen MR) is 142 cm³/mol. The van der Waals surface area contributed by atoms with Gasteiger partial charge in [0.2, 0.25) is 5.95 Å². The van der Waals surface area contributed by atoms with E-state index in [-0.39, 0.29) is 11.5 Å². The van der Waals surface area contributed by atoms with Gasteiger partial charge in [0.1, 0.15) is 24.0 Å². The van der Waals surface area contributed by atoms with Crippen LogP contribution in [0.1, 0.15) is 15.9 Å². The normalized spacial score (nSPS) is 13.4. The lowest BCUT2D eigenvalue weighted by Gasteiger charge is -2.35. The molecule has 1 aliphatic rings. The molecule has 196 valence electrons. The lowest BCUT2D eigenvalue weighted by atomic mass is 10.1. The van der Waals surface area contributed by atoms with Crippen molar-refractivity contribution in [1.82, 2.24) is 14.9 Å². The molecule has 0 saturated carbocycles. The first kappa shape index (κ1) is 25.1. The Morgan fingerprint density at radius 2 is 1.66 bits per heavy atom. The van der Waals surface area contributed by atoms with Crippen LogP contribution in [-0.4, -0.2) is 61.2 Å². The van der Waals surface area contributed by atoms with Crippen molar-refractivity contribution in [2.24, 2.45) is 0 Å². The second kappa shape index (κ2) is 10.8. The van der Waals surface area contributed by atoms with Gasteiger partial charge in [0.25, 0.3) is 5.91 Å². The minimum atomic E-state index is -0.613. The van der Waals surface area contributed by atoms with E-state index in [9.17, 15) is 9.18 Å². The van der Waals surface area contributed by atoms with Crippen LogP contribution < -0.4 is 24.8 Å². The van der Waals surface area contributed by atoms with Gasteiger partial charge in [-0.15, -0.1) is 0 Å². The maximum absolute atomic E-state index is 14.8. The molecule has 0 spiro atoms. The number of hydrogen-bond donors (Lipinski definition) is 1. The molecule has 1 amide bonds. The van der Waals surface area contributed by atoms with Gasteiger partial charge in [0, 0.05) is 43.7 Å². The summed E-state index contributed by atoms with van der Waals surface area (Å²) in [6.45, 7) is 2.04. The molecule has 1 saturated heterocycles. The molecular weight excluding hydrogens is 489 g/mol. The number of anilines is 2. The summed E-state index contributed by atoms with van der Waals surface area (Å²) < 4.78 is 31.2. The highest BCUT2D eigenvalue weighted by Crippen LogP contribution is 2.34. The van der Waals surface area contributed by atoms with Gasteiger partial charge in [0.05, 0.1) is 25.3 Å². The molecule has 0 radical (unpaired) electrons. The second-order valence-electron chi connectivity index (χ2n) is 8.83. The first-order chi connectivity index (χ1) is 18.5. The van der Waals surface area contributed by atoms with Crippen molar-refractivity contribution >= 4 is 28.6 Å². The van der Waals surface area contributed by atoms with E-state index in [1.165, 1.54) is 12.1 Å². The first-order valence-electron chi connectivity index (χ1n) is 12.2. The van der Waals surface area contributed by atoms with Gasteiger partial charge in [-0.2, -0.15) is 4.98 Å². The highest BCUT2D eigenvalue weighted by Gasteiger charge is 2.26. The van der Waals surface area contributed by atoms with Crippen LogP contribution in [0, 0.1) is 5.82 Å². The summed E-state index contributed by atoms with van der Waals surface area (Å²) in [5.74, 6) is 1.25. The Kier molecular flexibility index (Phi) is 7.12. The fourth-order valence-corrected chi connectivity index (χ4v) is 4.39. The summed E-state index contributed by atoms with van der Waals surface area (Å²) in [4.78, 5) is 25.8. The van der Waals surface area contributed by atoms with Crippen molar-refractivity contribution in [2.75, 3.05) is 51.0 Å². The largest absolute Gasteiger partial charge is 0.493 e.